The highest BCUT2D eigenvalue weighted by Gasteiger charge is 2.12. The second kappa shape index (κ2) is 7.69. The van der Waals surface area contributed by atoms with Crippen molar-refractivity contribution in [3.8, 4) is 5.75 Å². The van der Waals surface area contributed by atoms with Gasteiger partial charge in [-0.3, -0.25) is 0 Å². The number of nitrogens with two attached hydrogens (primary N) is 1. The van der Waals surface area contributed by atoms with E-state index < -0.39 is 0 Å². The number of hydrogen-bond acceptors (Lipinski definition) is 2. The van der Waals surface area contributed by atoms with Crippen LogP contribution in [0.25, 0.3) is 0 Å². The summed E-state index contributed by atoms with van der Waals surface area (Å²) in [5.41, 5.74) is 8.23. The zero-order valence-corrected chi connectivity index (χ0v) is 13.5. The largest absolute Gasteiger partial charge is 0.494 e. The smallest absolute Gasteiger partial charge is 0.119 e. The number of ether oxygens (including phenoxy) is 1. The Morgan fingerprint density at radius 1 is 1.10 bits per heavy atom. The molecule has 0 saturated heterocycles. The second-order valence-electron chi connectivity index (χ2n) is 4.89. The molecule has 0 fully saturated rings. The van der Waals surface area contributed by atoms with Crippen molar-refractivity contribution in [2.75, 3.05) is 13.2 Å². The average Bonchev–Trinajstić information content (AvgIpc) is 2.48. The van der Waals surface area contributed by atoms with Gasteiger partial charge in [0.05, 0.1) is 16.7 Å². The van der Waals surface area contributed by atoms with Crippen molar-refractivity contribution in [2.24, 2.45) is 5.73 Å². The van der Waals surface area contributed by atoms with E-state index in [-0.39, 0.29) is 5.92 Å². The van der Waals surface area contributed by atoms with Gasteiger partial charge < -0.3 is 10.5 Å². The van der Waals surface area contributed by atoms with E-state index in [1.165, 1.54) is 5.56 Å². The van der Waals surface area contributed by atoms with Crippen LogP contribution in [0.3, 0.4) is 0 Å². The molecular formula is C17H19Cl2NO. The van der Waals surface area contributed by atoms with Crippen molar-refractivity contribution in [3.63, 3.8) is 0 Å². The van der Waals surface area contributed by atoms with Crippen molar-refractivity contribution in [2.45, 2.75) is 19.3 Å². The molecule has 0 bridgehead atoms. The predicted molar refractivity (Wildman–Crippen MR) is 89.6 cm³/mol. The van der Waals surface area contributed by atoms with E-state index in [2.05, 4.69) is 12.1 Å². The Hall–Kier alpha value is -1.22. The molecule has 112 valence electrons. The third-order valence-corrected chi connectivity index (χ3v) is 4.13. The van der Waals surface area contributed by atoms with Gasteiger partial charge in [-0.15, -0.1) is 0 Å². The monoisotopic (exact) mass is 323 g/mol. The molecule has 2 rings (SSSR count). The molecule has 2 aromatic carbocycles. The SMILES string of the molecule is CCOc1cccc(CC(CN)c2ccc(Cl)c(Cl)c2)c1. The fourth-order valence-corrected chi connectivity index (χ4v) is 2.62. The Balaban J connectivity index is 2.18. The minimum Gasteiger partial charge on any atom is -0.494 e. The maximum Gasteiger partial charge on any atom is 0.119 e. The first-order valence-electron chi connectivity index (χ1n) is 7.00. The van der Waals surface area contributed by atoms with Crippen LogP contribution in [-0.4, -0.2) is 13.2 Å². The van der Waals surface area contributed by atoms with Gasteiger partial charge in [0.2, 0.25) is 0 Å². The summed E-state index contributed by atoms with van der Waals surface area (Å²) >= 11 is 12.1. The van der Waals surface area contributed by atoms with Crippen LogP contribution in [0.4, 0.5) is 0 Å². The molecule has 0 aliphatic heterocycles. The molecule has 0 aliphatic carbocycles. The highest BCUT2D eigenvalue weighted by molar-refractivity contribution is 6.42. The van der Waals surface area contributed by atoms with Gasteiger partial charge in [-0.1, -0.05) is 41.4 Å². The van der Waals surface area contributed by atoms with E-state index >= 15 is 0 Å². The summed E-state index contributed by atoms with van der Waals surface area (Å²) in [6.45, 7) is 3.19. The Kier molecular flexibility index (Phi) is 5.92. The first-order chi connectivity index (χ1) is 10.1. The van der Waals surface area contributed by atoms with E-state index in [9.17, 15) is 0 Å². The van der Waals surface area contributed by atoms with Crippen LogP contribution in [0.1, 0.15) is 24.0 Å². The second-order valence-corrected chi connectivity index (χ2v) is 5.71. The fourth-order valence-electron chi connectivity index (χ4n) is 2.32. The zero-order valence-electron chi connectivity index (χ0n) is 12.0. The lowest BCUT2D eigenvalue weighted by Crippen LogP contribution is -2.15. The molecule has 4 heteroatoms. The minimum atomic E-state index is 0.205. The molecular weight excluding hydrogens is 305 g/mol. The van der Waals surface area contributed by atoms with Crippen molar-refractivity contribution in [1.29, 1.82) is 0 Å². The van der Waals surface area contributed by atoms with Gasteiger partial charge in [0.15, 0.2) is 0 Å². The van der Waals surface area contributed by atoms with Crippen molar-refractivity contribution in [1.82, 2.24) is 0 Å². The first kappa shape index (κ1) is 16.2. The molecule has 2 N–H and O–H groups in total. The molecule has 0 aliphatic rings. The van der Waals surface area contributed by atoms with Crippen molar-refractivity contribution >= 4 is 23.2 Å². The third kappa shape index (κ3) is 4.37. The van der Waals surface area contributed by atoms with E-state index in [0.29, 0.717) is 23.2 Å². The van der Waals surface area contributed by atoms with Gasteiger partial charge in [0.1, 0.15) is 5.75 Å². The number of rotatable bonds is 6. The summed E-state index contributed by atoms with van der Waals surface area (Å²) in [5.74, 6) is 1.09. The van der Waals surface area contributed by atoms with Crippen LogP contribution in [0.5, 0.6) is 5.75 Å². The van der Waals surface area contributed by atoms with Gasteiger partial charge in [-0.05, 0) is 55.3 Å². The normalized spacial score (nSPS) is 12.2. The minimum absolute atomic E-state index is 0.205. The Bertz CT molecular complexity index is 601. The van der Waals surface area contributed by atoms with Gasteiger partial charge in [-0.2, -0.15) is 0 Å². The Morgan fingerprint density at radius 3 is 2.57 bits per heavy atom. The Labute approximate surface area is 135 Å². The lowest BCUT2D eigenvalue weighted by atomic mass is 9.92. The summed E-state index contributed by atoms with van der Waals surface area (Å²) < 4.78 is 5.53. The summed E-state index contributed by atoms with van der Waals surface area (Å²) in [7, 11) is 0. The van der Waals surface area contributed by atoms with Gasteiger partial charge in [0, 0.05) is 5.92 Å². The zero-order chi connectivity index (χ0) is 15.2. The van der Waals surface area contributed by atoms with Gasteiger partial charge in [-0.25, -0.2) is 0 Å². The van der Waals surface area contributed by atoms with Gasteiger partial charge >= 0.3 is 0 Å². The molecule has 0 amide bonds. The molecule has 0 radical (unpaired) electrons. The molecule has 2 aromatic rings. The quantitative estimate of drug-likeness (QED) is 0.837. The first-order valence-corrected chi connectivity index (χ1v) is 7.76. The fraction of sp³-hybridized carbons (Fsp3) is 0.294. The van der Waals surface area contributed by atoms with Crippen LogP contribution in [0.15, 0.2) is 42.5 Å². The lowest BCUT2D eigenvalue weighted by Gasteiger charge is -2.16. The standard InChI is InChI=1S/C17H19Cl2NO/c1-2-21-15-5-3-4-12(9-15)8-14(11-20)13-6-7-16(18)17(19)10-13/h3-7,9-10,14H,2,8,11,20H2,1H3. The molecule has 0 saturated carbocycles. The summed E-state index contributed by atoms with van der Waals surface area (Å²) in [5, 5.41) is 1.13. The van der Waals surface area contributed by atoms with Crippen LogP contribution in [-0.2, 0) is 6.42 Å². The van der Waals surface area contributed by atoms with E-state index in [0.717, 1.165) is 17.7 Å². The van der Waals surface area contributed by atoms with Crippen LogP contribution in [0.2, 0.25) is 10.0 Å². The molecule has 0 spiro atoms. The molecule has 1 atom stereocenters. The Morgan fingerprint density at radius 2 is 1.90 bits per heavy atom. The van der Waals surface area contributed by atoms with Crippen molar-refractivity contribution < 1.29 is 4.74 Å². The molecule has 2 nitrogen and oxygen atoms in total. The number of hydrogen-bond donors (Lipinski definition) is 1. The number of halogens is 2. The summed E-state index contributed by atoms with van der Waals surface area (Å²) in [6.07, 6.45) is 0.843. The maximum atomic E-state index is 6.09. The van der Waals surface area contributed by atoms with E-state index in [1.54, 1.807) is 0 Å². The lowest BCUT2D eigenvalue weighted by molar-refractivity contribution is 0.340. The summed E-state index contributed by atoms with van der Waals surface area (Å²) in [4.78, 5) is 0. The molecule has 21 heavy (non-hydrogen) atoms. The van der Waals surface area contributed by atoms with Crippen LogP contribution in [0, 0.1) is 0 Å². The van der Waals surface area contributed by atoms with E-state index in [4.69, 9.17) is 33.7 Å². The highest BCUT2D eigenvalue weighted by atomic mass is 35.5. The van der Waals surface area contributed by atoms with E-state index in [1.807, 2.05) is 37.3 Å². The average molecular weight is 324 g/mol. The highest BCUT2D eigenvalue weighted by Crippen LogP contribution is 2.28. The predicted octanol–water partition coefficient (Wildman–Crippen LogP) is 4.68. The summed E-state index contributed by atoms with van der Waals surface area (Å²) in [6, 6.07) is 13.8. The topological polar surface area (TPSA) is 35.2 Å². The van der Waals surface area contributed by atoms with Crippen molar-refractivity contribution in [3.05, 3.63) is 63.6 Å². The maximum absolute atomic E-state index is 6.09. The van der Waals surface area contributed by atoms with Crippen LogP contribution >= 0.6 is 23.2 Å². The molecule has 1 unspecified atom stereocenters. The van der Waals surface area contributed by atoms with Gasteiger partial charge in [0.25, 0.3) is 0 Å². The molecule has 0 aromatic heterocycles. The third-order valence-electron chi connectivity index (χ3n) is 3.39. The number of benzene rings is 2. The molecule has 0 heterocycles. The van der Waals surface area contributed by atoms with Crippen LogP contribution < -0.4 is 10.5 Å².